The van der Waals surface area contributed by atoms with Crippen LogP contribution in [0.4, 0.5) is 0 Å². The van der Waals surface area contributed by atoms with Crippen LogP contribution in [-0.2, 0) is 18.6 Å². The van der Waals surface area contributed by atoms with E-state index in [-0.39, 0.29) is 6.61 Å². The molecule has 0 radical (unpaired) electrons. The van der Waals surface area contributed by atoms with Gasteiger partial charge in [-0.2, -0.15) is 0 Å². The maximum absolute atomic E-state index is 11.4. The first-order chi connectivity index (χ1) is 7.01. The van der Waals surface area contributed by atoms with Gasteiger partial charge >= 0.3 is 14.7 Å². The lowest BCUT2D eigenvalue weighted by Crippen LogP contribution is -2.38. The van der Waals surface area contributed by atoms with E-state index in [0.717, 1.165) is 0 Å². The largest absolute Gasteiger partial charge is 0.453 e. The summed E-state index contributed by atoms with van der Waals surface area (Å²) in [6.45, 7) is 9.01. The fourth-order valence-corrected chi connectivity index (χ4v) is 1.34. The Bertz CT molecular complexity index is 246. The Morgan fingerprint density at radius 2 is 1.93 bits per heavy atom. The first kappa shape index (κ1) is 14.3. The molecule has 0 rings (SSSR count). The highest BCUT2D eigenvalue weighted by Gasteiger charge is 2.31. The second-order valence-electron chi connectivity index (χ2n) is 3.41. The van der Waals surface area contributed by atoms with Gasteiger partial charge in [0.05, 0.1) is 0 Å². The molecule has 0 aromatic heterocycles. The van der Waals surface area contributed by atoms with Crippen molar-refractivity contribution in [2.24, 2.45) is 0 Å². The highest BCUT2D eigenvalue weighted by molar-refractivity contribution is 7.17. The second-order valence-corrected chi connectivity index (χ2v) is 3.82. The molecule has 0 aliphatic carbocycles. The average molecular weight is 232 g/mol. The topological polar surface area (TPSA) is 52.6 Å². The quantitative estimate of drug-likeness (QED) is 0.384. The van der Waals surface area contributed by atoms with Crippen LogP contribution in [0.15, 0.2) is 12.2 Å². The Morgan fingerprint density at radius 1 is 1.40 bits per heavy atom. The van der Waals surface area contributed by atoms with Crippen LogP contribution in [-0.4, -0.2) is 18.2 Å². The number of carbonyl (C=O) groups is 1. The minimum Gasteiger partial charge on any atom is -0.453 e. The van der Waals surface area contributed by atoms with E-state index in [1.54, 1.807) is 6.92 Å². The molecule has 86 valence electrons. The van der Waals surface area contributed by atoms with Crippen molar-refractivity contribution >= 4 is 14.7 Å². The molecule has 0 fully saturated rings. The van der Waals surface area contributed by atoms with Crippen LogP contribution in [0.2, 0.25) is 0 Å². The number of hydrogen-bond donors (Lipinski definition) is 0. The van der Waals surface area contributed by atoms with E-state index >= 15 is 0 Å². The summed E-state index contributed by atoms with van der Waals surface area (Å²) in [4.78, 5) is 11.4. The van der Waals surface area contributed by atoms with Crippen molar-refractivity contribution in [1.29, 1.82) is 0 Å². The van der Waals surface area contributed by atoms with Crippen molar-refractivity contribution in [2.75, 3.05) is 6.61 Å². The van der Waals surface area contributed by atoms with E-state index in [2.05, 4.69) is 6.58 Å². The van der Waals surface area contributed by atoms with E-state index in [1.807, 2.05) is 13.8 Å². The van der Waals surface area contributed by atoms with Gasteiger partial charge in [-0.15, -0.1) is 0 Å². The number of ether oxygens (including phenoxy) is 1. The van der Waals surface area contributed by atoms with Gasteiger partial charge in [0.15, 0.2) is 0 Å². The fraction of sp³-hybridized carbons (Fsp3) is 0.700. The van der Waals surface area contributed by atoms with Gasteiger partial charge in [-0.25, -0.2) is 9.36 Å². The average Bonchev–Trinajstić information content (AvgIpc) is 2.24. The van der Waals surface area contributed by atoms with Crippen LogP contribution in [0.1, 0.15) is 33.6 Å². The molecule has 0 atom stereocenters. The molecule has 0 saturated heterocycles. The van der Waals surface area contributed by atoms with Crippen LogP contribution in [0.25, 0.3) is 0 Å². The third-order valence-corrected chi connectivity index (χ3v) is 2.56. The molecule has 0 aromatic rings. The summed E-state index contributed by atoms with van der Waals surface area (Å²) >= 11 is 0. The van der Waals surface area contributed by atoms with Crippen LogP contribution in [0, 0.1) is 0 Å². The van der Waals surface area contributed by atoms with Gasteiger partial charge in [0.2, 0.25) is 0 Å². The smallest absolute Gasteiger partial charge is 0.333 e. The molecule has 0 saturated carbocycles. The molecular formula is C10H17O4P. The second kappa shape index (κ2) is 6.70. The predicted molar refractivity (Wildman–Crippen MR) is 57.8 cm³/mol. The molecule has 0 unspecified atom stereocenters. The third-order valence-electron chi connectivity index (χ3n) is 2.33. The van der Waals surface area contributed by atoms with E-state index in [4.69, 9.17) is 9.26 Å². The zero-order chi connectivity index (χ0) is 11.9. The van der Waals surface area contributed by atoms with Crippen LogP contribution < -0.4 is 0 Å². The number of hydrogen-bond acceptors (Lipinski definition) is 4. The maximum atomic E-state index is 11.4. The highest BCUT2D eigenvalue weighted by atomic mass is 31.1. The molecule has 0 aromatic carbocycles. The standard InChI is InChI=1S/C10H17O4P/c1-5-10(6-2,7-13-15-12)14-9(11)8(3)4/h3,5-7H2,1-2,4H3. The van der Waals surface area contributed by atoms with Crippen LogP contribution in [0.5, 0.6) is 0 Å². The molecule has 0 aliphatic rings. The molecule has 0 heterocycles. The Morgan fingerprint density at radius 3 is 2.27 bits per heavy atom. The summed E-state index contributed by atoms with van der Waals surface area (Å²) in [7, 11) is -0.402. The lowest BCUT2D eigenvalue weighted by Gasteiger charge is -2.30. The van der Waals surface area contributed by atoms with Crippen molar-refractivity contribution < 1.29 is 18.6 Å². The predicted octanol–water partition coefficient (Wildman–Crippen LogP) is 2.89. The lowest BCUT2D eigenvalue weighted by atomic mass is 9.98. The summed E-state index contributed by atoms with van der Waals surface area (Å²) in [6.07, 6.45) is 1.22. The zero-order valence-corrected chi connectivity index (χ0v) is 10.3. The minimum atomic E-state index is -0.701. The van der Waals surface area contributed by atoms with E-state index in [1.165, 1.54) is 0 Å². The van der Waals surface area contributed by atoms with Gasteiger partial charge in [0.1, 0.15) is 12.2 Å². The fourth-order valence-electron chi connectivity index (χ4n) is 1.06. The molecule has 0 aliphatic heterocycles. The molecule has 0 bridgehead atoms. The van der Waals surface area contributed by atoms with Gasteiger partial charge in [-0.05, 0) is 19.8 Å². The highest BCUT2D eigenvalue weighted by Crippen LogP contribution is 2.23. The Kier molecular flexibility index (Phi) is 6.37. The Labute approximate surface area is 91.9 Å². The van der Waals surface area contributed by atoms with Crippen molar-refractivity contribution in [3.8, 4) is 0 Å². The van der Waals surface area contributed by atoms with Gasteiger partial charge in [-0.1, -0.05) is 20.4 Å². The third kappa shape index (κ3) is 4.54. The van der Waals surface area contributed by atoms with Gasteiger partial charge < -0.3 is 4.74 Å². The molecular weight excluding hydrogens is 215 g/mol. The zero-order valence-electron chi connectivity index (χ0n) is 9.41. The minimum absolute atomic E-state index is 0.129. The molecule has 5 heteroatoms. The number of carbonyl (C=O) groups excluding carboxylic acids is 1. The van der Waals surface area contributed by atoms with Crippen LogP contribution >= 0.6 is 8.69 Å². The van der Waals surface area contributed by atoms with Crippen molar-refractivity contribution in [3.63, 3.8) is 0 Å². The normalized spacial score (nSPS) is 11.4. The first-order valence-electron chi connectivity index (χ1n) is 4.84. The molecule has 0 amide bonds. The lowest BCUT2D eigenvalue weighted by molar-refractivity contribution is -0.159. The van der Waals surface area contributed by atoms with E-state index in [9.17, 15) is 9.36 Å². The molecule has 0 N–H and O–H groups in total. The first-order valence-corrected chi connectivity index (χ1v) is 5.57. The van der Waals surface area contributed by atoms with E-state index in [0.29, 0.717) is 18.4 Å². The van der Waals surface area contributed by atoms with Crippen LogP contribution in [0.3, 0.4) is 0 Å². The number of rotatable bonds is 7. The van der Waals surface area contributed by atoms with Gasteiger partial charge in [0, 0.05) is 5.57 Å². The summed E-state index contributed by atoms with van der Waals surface area (Å²) in [6, 6.07) is 0. The summed E-state index contributed by atoms with van der Waals surface area (Å²) in [5, 5.41) is 0. The summed E-state index contributed by atoms with van der Waals surface area (Å²) in [5.41, 5.74) is -0.353. The number of esters is 1. The van der Waals surface area contributed by atoms with Crippen molar-refractivity contribution in [3.05, 3.63) is 12.2 Å². The monoisotopic (exact) mass is 232 g/mol. The molecule has 0 spiro atoms. The van der Waals surface area contributed by atoms with Crippen molar-refractivity contribution in [1.82, 2.24) is 0 Å². The Hall–Kier alpha value is -0.730. The molecule has 15 heavy (non-hydrogen) atoms. The van der Waals surface area contributed by atoms with Gasteiger partial charge in [-0.3, -0.25) is 4.52 Å². The SMILES string of the molecule is C=C(C)C(=O)OC(CC)(CC)COP=O. The van der Waals surface area contributed by atoms with Gasteiger partial charge in [0.25, 0.3) is 0 Å². The maximum Gasteiger partial charge on any atom is 0.333 e. The van der Waals surface area contributed by atoms with E-state index < -0.39 is 20.3 Å². The summed E-state index contributed by atoms with van der Waals surface area (Å²) < 4.78 is 20.3. The Balaban J connectivity index is 4.54. The van der Waals surface area contributed by atoms with Crippen molar-refractivity contribution in [2.45, 2.75) is 39.2 Å². The summed E-state index contributed by atoms with van der Waals surface area (Å²) in [5.74, 6) is -0.440. The molecule has 4 nitrogen and oxygen atoms in total.